The Hall–Kier alpha value is -0.860. The molecule has 1 aromatic carbocycles. The van der Waals surface area contributed by atoms with E-state index in [-0.39, 0.29) is 0 Å². The van der Waals surface area contributed by atoms with Crippen LogP contribution in [0.1, 0.15) is 52.1 Å². The Morgan fingerprint density at radius 2 is 1.85 bits per heavy atom. The minimum absolute atomic E-state index is 0.513. The Labute approximate surface area is 124 Å². The molecule has 1 saturated heterocycles. The molecule has 1 fully saturated rings. The highest BCUT2D eigenvalue weighted by Crippen LogP contribution is 2.30. The van der Waals surface area contributed by atoms with Gasteiger partial charge in [-0.25, -0.2) is 0 Å². The molecule has 0 aromatic heterocycles. The van der Waals surface area contributed by atoms with Gasteiger partial charge in [-0.05, 0) is 44.7 Å². The van der Waals surface area contributed by atoms with E-state index in [9.17, 15) is 0 Å². The summed E-state index contributed by atoms with van der Waals surface area (Å²) in [5.41, 5.74) is 1.45. The van der Waals surface area contributed by atoms with Crippen molar-refractivity contribution >= 4 is 0 Å². The first-order valence-electron chi connectivity index (χ1n) is 8.13. The van der Waals surface area contributed by atoms with Crippen molar-refractivity contribution in [2.75, 3.05) is 13.1 Å². The molecule has 1 aromatic rings. The second-order valence-electron chi connectivity index (χ2n) is 6.68. The lowest BCUT2D eigenvalue weighted by atomic mass is 9.92. The van der Waals surface area contributed by atoms with Crippen molar-refractivity contribution in [2.45, 2.75) is 58.7 Å². The van der Waals surface area contributed by atoms with Gasteiger partial charge in [-0.3, -0.25) is 4.90 Å². The fourth-order valence-corrected chi connectivity index (χ4v) is 3.42. The maximum atomic E-state index is 3.65. The number of hydrogen-bond donors (Lipinski definition) is 1. The number of hydrogen-bond acceptors (Lipinski definition) is 2. The first-order chi connectivity index (χ1) is 9.59. The van der Waals surface area contributed by atoms with Gasteiger partial charge in [0.2, 0.25) is 0 Å². The fourth-order valence-electron chi connectivity index (χ4n) is 3.42. The van der Waals surface area contributed by atoms with E-state index < -0.39 is 0 Å². The van der Waals surface area contributed by atoms with Crippen molar-refractivity contribution in [3.05, 3.63) is 35.9 Å². The van der Waals surface area contributed by atoms with Crippen molar-refractivity contribution in [2.24, 2.45) is 5.92 Å². The topological polar surface area (TPSA) is 15.3 Å². The molecule has 0 spiro atoms. The molecule has 1 heterocycles. The summed E-state index contributed by atoms with van der Waals surface area (Å²) in [5.74, 6) is 0.626. The third-order valence-corrected chi connectivity index (χ3v) is 4.39. The summed E-state index contributed by atoms with van der Waals surface area (Å²) in [6.45, 7) is 11.7. The molecule has 0 aliphatic carbocycles. The standard InChI is InChI=1S/C18H30N2/c1-14(2)18(16-9-6-5-7-10-16)20(15(3)4)13-17-11-8-12-19-17/h5-7,9-10,14-15,17-19H,8,11-13H2,1-4H3. The van der Waals surface area contributed by atoms with Gasteiger partial charge in [-0.15, -0.1) is 0 Å². The number of nitrogens with one attached hydrogen (secondary N) is 1. The predicted molar refractivity (Wildman–Crippen MR) is 86.9 cm³/mol. The average Bonchev–Trinajstić information content (AvgIpc) is 2.91. The van der Waals surface area contributed by atoms with Crippen LogP contribution >= 0.6 is 0 Å². The Kier molecular flexibility index (Phi) is 5.62. The Balaban J connectivity index is 2.18. The quantitative estimate of drug-likeness (QED) is 0.847. The van der Waals surface area contributed by atoms with Crippen LogP contribution in [0, 0.1) is 5.92 Å². The lowest BCUT2D eigenvalue weighted by Gasteiger charge is -2.39. The normalized spacial score (nSPS) is 21.1. The molecule has 2 atom stereocenters. The van der Waals surface area contributed by atoms with E-state index in [1.54, 1.807) is 0 Å². The van der Waals surface area contributed by atoms with Crippen LogP contribution in [-0.2, 0) is 0 Å². The summed E-state index contributed by atoms with van der Waals surface area (Å²) in [6.07, 6.45) is 2.65. The van der Waals surface area contributed by atoms with Gasteiger partial charge in [-0.1, -0.05) is 44.2 Å². The SMILES string of the molecule is CC(C)C(c1ccccc1)N(CC1CCCN1)C(C)C. The van der Waals surface area contributed by atoms with Crippen LogP contribution in [0.3, 0.4) is 0 Å². The van der Waals surface area contributed by atoms with E-state index >= 15 is 0 Å². The van der Waals surface area contributed by atoms with Crippen LogP contribution in [0.4, 0.5) is 0 Å². The van der Waals surface area contributed by atoms with E-state index in [0.29, 0.717) is 24.0 Å². The van der Waals surface area contributed by atoms with Gasteiger partial charge in [0.15, 0.2) is 0 Å². The molecule has 112 valence electrons. The molecule has 1 aliphatic heterocycles. The third kappa shape index (κ3) is 3.83. The molecule has 1 aliphatic rings. The van der Waals surface area contributed by atoms with Gasteiger partial charge in [0.05, 0.1) is 0 Å². The molecule has 20 heavy (non-hydrogen) atoms. The summed E-state index contributed by atoms with van der Waals surface area (Å²) in [6, 6.07) is 12.8. The minimum Gasteiger partial charge on any atom is -0.313 e. The van der Waals surface area contributed by atoms with Gasteiger partial charge in [0.25, 0.3) is 0 Å². The summed E-state index contributed by atoms with van der Waals surface area (Å²) >= 11 is 0. The van der Waals surface area contributed by atoms with E-state index in [2.05, 4.69) is 68.2 Å². The third-order valence-electron chi connectivity index (χ3n) is 4.39. The van der Waals surface area contributed by atoms with Gasteiger partial charge in [0.1, 0.15) is 0 Å². The highest BCUT2D eigenvalue weighted by Gasteiger charge is 2.28. The molecule has 0 saturated carbocycles. The average molecular weight is 274 g/mol. The molecule has 2 heteroatoms. The molecule has 0 radical (unpaired) electrons. The van der Waals surface area contributed by atoms with Crippen LogP contribution in [0.5, 0.6) is 0 Å². The van der Waals surface area contributed by atoms with E-state index in [1.165, 1.54) is 24.9 Å². The number of nitrogens with zero attached hydrogens (tertiary/aromatic N) is 1. The zero-order chi connectivity index (χ0) is 14.5. The molecule has 0 bridgehead atoms. The molecule has 0 amide bonds. The first kappa shape index (κ1) is 15.5. The van der Waals surface area contributed by atoms with Gasteiger partial charge >= 0.3 is 0 Å². The Morgan fingerprint density at radius 3 is 2.35 bits per heavy atom. The highest BCUT2D eigenvalue weighted by atomic mass is 15.2. The van der Waals surface area contributed by atoms with E-state index in [0.717, 1.165) is 6.54 Å². The summed E-state index contributed by atoms with van der Waals surface area (Å²) in [4.78, 5) is 2.68. The molecular formula is C18H30N2. The Morgan fingerprint density at radius 1 is 1.15 bits per heavy atom. The van der Waals surface area contributed by atoms with E-state index in [1.807, 2.05) is 0 Å². The monoisotopic (exact) mass is 274 g/mol. The lowest BCUT2D eigenvalue weighted by molar-refractivity contribution is 0.106. The smallest absolute Gasteiger partial charge is 0.0374 e. The van der Waals surface area contributed by atoms with Crippen LogP contribution in [0.25, 0.3) is 0 Å². The molecule has 2 unspecified atom stereocenters. The number of benzene rings is 1. The molecular weight excluding hydrogens is 244 g/mol. The van der Waals surface area contributed by atoms with Crippen LogP contribution in [0.2, 0.25) is 0 Å². The van der Waals surface area contributed by atoms with Crippen molar-refractivity contribution in [1.82, 2.24) is 10.2 Å². The highest BCUT2D eigenvalue weighted by molar-refractivity contribution is 5.20. The summed E-state index contributed by atoms with van der Waals surface area (Å²) < 4.78 is 0. The summed E-state index contributed by atoms with van der Waals surface area (Å²) in [7, 11) is 0. The van der Waals surface area contributed by atoms with Crippen LogP contribution in [0.15, 0.2) is 30.3 Å². The number of rotatable bonds is 6. The second kappa shape index (κ2) is 7.24. The Bertz CT molecular complexity index is 380. The second-order valence-corrected chi connectivity index (χ2v) is 6.68. The maximum absolute atomic E-state index is 3.65. The van der Waals surface area contributed by atoms with E-state index in [4.69, 9.17) is 0 Å². The zero-order valence-corrected chi connectivity index (χ0v) is 13.5. The van der Waals surface area contributed by atoms with Crippen molar-refractivity contribution < 1.29 is 0 Å². The fraction of sp³-hybridized carbons (Fsp3) is 0.667. The van der Waals surface area contributed by atoms with Gasteiger partial charge in [0, 0.05) is 24.7 Å². The largest absolute Gasteiger partial charge is 0.313 e. The molecule has 2 nitrogen and oxygen atoms in total. The molecule has 1 N–H and O–H groups in total. The minimum atomic E-state index is 0.513. The van der Waals surface area contributed by atoms with Gasteiger partial charge in [-0.2, -0.15) is 0 Å². The van der Waals surface area contributed by atoms with Crippen molar-refractivity contribution in [3.63, 3.8) is 0 Å². The predicted octanol–water partition coefficient (Wildman–Crippen LogP) is 3.85. The van der Waals surface area contributed by atoms with Crippen LogP contribution < -0.4 is 5.32 Å². The van der Waals surface area contributed by atoms with Crippen molar-refractivity contribution in [3.8, 4) is 0 Å². The summed E-state index contributed by atoms with van der Waals surface area (Å²) in [5, 5.41) is 3.65. The maximum Gasteiger partial charge on any atom is 0.0374 e. The van der Waals surface area contributed by atoms with Crippen molar-refractivity contribution in [1.29, 1.82) is 0 Å². The molecule has 2 rings (SSSR count). The zero-order valence-electron chi connectivity index (χ0n) is 13.5. The first-order valence-corrected chi connectivity index (χ1v) is 8.13. The van der Waals surface area contributed by atoms with Crippen LogP contribution in [-0.4, -0.2) is 30.1 Å². The van der Waals surface area contributed by atoms with Gasteiger partial charge < -0.3 is 5.32 Å². The lowest BCUT2D eigenvalue weighted by Crippen LogP contribution is -2.44.